The molecule has 0 aliphatic carbocycles. The van der Waals surface area contributed by atoms with Crippen LogP contribution in [0.3, 0.4) is 0 Å². The summed E-state index contributed by atoms with van der Waals surface area (Å²) in [6.45, 7) is 2.96. The highest BCUT2D eigenvalue weighted by Gasteiger charge is 2.34. The number of aliphatic hydroxyl groups excluding tert-OH is 1. The summed E-state index contributed by atoms with van der Waals surface area (Å²) in [4.78, 5) is 19.1. The third kappa shape index (κ3) is 7.69. The van der Waals surface area contributed by atoms with Crippen LogP contribution in [-0.4, -0.2) is 81.2 Å². The molecule has 0 saturated carbocycles. The van der Waals surface area contributed by atoms with E-state index in [1.807, 2.05) is 18.2 Å². The Hall–Kier alpha value is -1.77. The van der Waals surface area contributed by atoms with Crippen molar-refractivity contribution in [1.82, 2.24) is 15.5 Å². The molecule has 1 saturated heterocycles. The summed E-state index contributed by atoms with van der Waals surface area (Å²) in [5.74, 6) is 1.46. The average molecular weight is 409 g/mol. The fraction of sp³-hybridized carbons (Fsp3) is 0.600. The van der Waals surface area contributed by atoms with Crippen LogP contribution in [0.25, 0.3) is 0 Å². The zero-order valence-electron chi connectivity index (χ0n) is 16.8. The number of nitrogens with zero attached hydrogens (tertiary/aromatic N) is 2. The number of likely N-dealkylation sites (N-methyl/N-ethyl adjacent to an activating group) is 1. The number of thioether (sulfide) groups is 1. The largest absolute Gasteiger partial charge is 0.396 e. The number of hydrogen-bond acceptors (Lipinski definition) is 5. The minimum atomic E-state index is -0.0818. The second-order valence-electron chi connectivity index (χ2n) is 7.17. The van der Waals surface area contributed by atoms with Crippen LogP contribution in [0.5, 0.6) is 0 Å². The van der Waals surface area contributed by atoms with E-state index in [1.165, 1.54) is 9.80 Å². The number of rotatable bonds is 10. The quantitative estimate of drug-likeness (QED) is 0.233. The van der Waals surface area contributed by atoms with Crippen LogP contribution in [0.2, 0.25) is 0 Å². The van der Waals surface area contributed by atoms with Gasteiger partial charge >= 0.3 is 0 Å². The zero-order chi connectivity index (χ0) is 20.2. The number of hydrogen-bond donors (Lipinski definition) is 3. The van der Waals surface area contributed by atoms with Crippen LogP contribution < -0.4 is 10.6 Å². The summed E-state index contributed by atoms with van der Waals surface area (Å²) in [5.41, 5.74) is -0.0818. The van der Waals surface area contributed by atoms with Crippen molar-refractivity contribution in [3.8, 4) is 0 Å². The van der Waals surface area contributed by atoms with Crippen LogP contribution >= 0.6 is 11.8 Å². The Bertz CT molecular complexity index is 619. The summed E-state index contributed by atoms with van der Waals surface area (Å²) in [6.07, 6.45) is 1.60. The molecular formula is C20H32N4O3S. The normalized spacial score (nSPS) is 19.5. The Morgan fingerprint density at radius 3 is 2.75 bits per heavy atom. The molecule has 1 heterocycles. The second-order valence-corrected chi connectivity index (χ2v) is 8.34. The Kier molecular flexibility index (Phi) is 9.60. The molecular weight excluding hydrogens is 376 g/mol. The first kappa shape index (κ1) is 22.5. The Morgan fingerprint density at radius 1 is 1.32 bits per heavy atom. The van der Waals surface area contributed by atoms with E-state index in [1.54, 1.807) is 25.9 Å². The maximum atomic E-state index is 11.9. The fourth-order valence-electron chi connectivity index (χ4n) is 2.90. The molecule has 8 heteroatoms. The Balaban J connectivity index is 1.88. The Morgan fingerprint density at radius 2 is 2.11 bits per heavy atom. The van der Waals surface area contributed by atoms with Crippen molar-refractivity contribution in [2.45, 2.75) is 17.7 Å². The first-order chi connectivity index (χ1) is 13.5. The van der Waals surface area contributed by atoms with Crippen LogP contribution in [0.15, 0.2) is 40.2 Å². The van der Waals surface area contributed by atoms with Gasteiger partial charge in [0.2, 0.25) is 5.91 Å². The fourth-order valence-corrected chi connectivity index (χ4v) is 3.69. The van der Waals surface area contributed by atoms with E-state index < -0.39 is 0 Å². The number of guanidine groups is 1. The van der Waals surface area contributed by atoms with E-state index in [9.17, 15) is 9.90 Å². The second kappa shape index (κ2) is 11.9. The van der Waals surface area contributed by atoms with Gasteiger partial charge in [-0.3, -0.25) is 4.79 Å². The summed E-state index contributed by atoms with van der Waals surface area (Å²) in [5, 5.41) is 16.1. The lowest BCUT2D eigenvalue weighted by atomic mass is 9.84. The van der Waals surface area contributed by atoms with Gasteiger partial charge in [-0.2, -0.15) is 0 Å². The molecule has 1 amide bonds. The van der Waals surface area contributed by atoms with Gasteiger partial charge in [-0.05, 0) is 25.0 Å². The maximum Gasteiger partial charge on any atom is 0.243 e. The van der Waals surface area contributed by atoms with Gasteiger partial charge in [-0.25, -0.2) is 4.99 Å². The minimum absolute atomic E-state index is 0.0472. The van der Waals surface area contributed by atoms with Crippen LogP contribution in [0, 0.1) is 5.41 Å². The van der Waals surface area contributed by atoms with Crippen molar-refractivity contribution in [2.24, 2.45) is 10.4 Å². The molecule has 7 nitrogen and oxygen atoms in total. The molecule has 1 aromatic carbocycles. The predicted octanol–water partition coefficient (Wildman–Crippen LogP) is 1.19. The topological polar surface area (TPSA) is 86.2 Å². The van der Waals surface area contributed by atoms with Gasteiger partial charge in [-0.15, -0.1) is 11.8 Å². The number of amides is 1. The van der Waals surface area contributed by atoms with Crippen molar-refractivity contribution >= 4 is 23.6 Å². The van der Waals surface area contributed by atoms with E-state index >= 15 is 0 Å². The molecule has 0 radical (unpaired) electrons. The SMILES string of the molecule is CN(C)C(=O)CN=C(NCCSc1ccccc1)NCC1(CCO)CCOC1. The zero-order valence-corrected chi connectivity index (χ0v) is 17.6. The number of carbonyl (C=O) groups excluding carboxylic acids is 1. The lowest BCUT2D eigenvalue weighted by molar-refractivity contribution is -0.127. The van der Waals surface area contributed by atoms with Gasteiger partial charge in [-0.1, -0.05) is 18.2 Å². The van der Waals surface area contributed by atoms with Crippen molar-refractivity contribution in [3.05, 3.63) is 30.3 Å². The van der Waals surface area contributed by atoms with E-state index in [-0.39, 0.29) is 24.5 Å². The highest BCUT2D eigenvalue weighted by molar-refractivity contribution is 7.99. The van der Waals surface area contributed by atoms with E-state index in [2.05, 4.69) is 27.8 Å². The molecule has 1 atom stereocenters. The lowest BCUT2D eigenvalue weighted by Crippen LogP contribution is -2.45. The summed E-state index contributed by atoms with van der Waals surface area (Å²) >= 11 is 1.77. The number of aliphatic imine (C=N–C) groups is 1. The van der Waals surface area contributed by atoms with Gasteiger partial charge in [0, 0.05) is 56.5 Å². The van der Waals surface area contributed by atoms with Crippen LogP contribution in [0.1, 0.15) is 12.8 Å². The van der Waals surface area contributed by atoms with Gasteiger partial charge in [0.1, 0.15) is 6.54 Å². The van der Waals surface area contributed by atoms with Gasteiger partial charge in [0.25, 0.3) is 0 Å². The monoisotopic (exact) mass is 408 g/mol. The first-order valence-electron chi connectivity index (χ1n) is 9.63. The number of aliphatic hydroxyl groups is 1. The summed E-state index contributed by atoms with van der Waals surface area (Å²) in [6, 6.07) is 10.2. The third-order valence-corrected chi connectivity index (χ3v) is 5.75. The molecule has 156 valence electrons. The molecule has 1 aliphatic heterocycles. The van der Waals surface area contributed by atoms with Gasteiger partial charge in [0.05, 0.1) is 6.61 Å². The summed E-state index contributed by atoms with van der Waals surface area (Å²) in [7, 11) is 3.45. The van der Waals surface area contributed by atoms with E-state index in [0.29, 0.717) is 32.1 Å². The van der Waals surface area contributed by atoms with Crippen molar-refractivity contribution in [3.63, 3.8) is 0 Å². The molecule has 1 fully saturated rings. The number of nitrogens with one attached hydrogen (secondary N) is 2. The molecule has 0 bridgehead atoms. The third-order valence-electron chi connectivity index (χ3n) is 4.74. The number of carbonyl (C=O) groups is 1. The van der Waals surface area contributed by atoms with Crippen molar-refractivity contribution in [1.29, 1.82) is 0 Å². The molecule has 1 aromatic rings. The van der Waals surface area contributed by atoms with E-state index in [0.717, 1.165) is 18.7 Å². The number of ether oxygens (including phenoxy) is 1. The lowest BCUT2D eigenvalue weighted by Gasteiger charge is -2.27. The molecule has 3 N–H and O–H groups in total. The van der Waals surface area contributed by atoms with Crippen molar-refractivity contribution in [2.75, 3.05) is 59.3 Å². The van der Waals surface area contributed by atoms with Crippen molar-refractivity contribution < 1.29 is 14.6 Å². The number of benzene rings is 1. The van der Waals surface area contributed by atoms with Gasteiger partial charge in [0.15, 0.2) is 5.96 Å². The van der Waals surface area contributed by atoms with E-state index in [4.69, 9.17) is 4.74 Å². The van der Waals surface area contributed by atoms with Crippen LogP contribution in [0.4, 0.5) is 0 Å². The highest BCUT2D eigenvalue weighted by Crippen LogP contribution is 2.31. The smallest absolute Gasteiger partial charge is 0.243 e. The standard InChI is InChI=1S/C20H32N4O3S/c1-24(2)18(26)14-22-19(21-10-13-28-17-6-4-3-5-7-17)23-15-20(8-11-25)9-12-27-16-20/h3-7,25H,8-16H2,1-2H3,(H2,21,22,23). The molecule has 1 unspecified atom stereocenters. The molecule has 28 heavy (non-hydrogen) atoms. The highest BCUT2D eigenvalue weighted by atomic mass is 32.2. The molecule has 2 rings (SSSR count). The Labute approximate surface area is 171 Å². The van der Waals surface area contributed by atoms with Gasteiger partial charge < -0.3 is 25.4 Å². The average Bonchev–Trinajstić information content (AvgIpc) is 3.16. The summed E-state index contributed by atoms with van der Waals surface area (Å²) < 4.78 is 5.55. The predicted molar refractivity (Wildman–Crippen MR) is 114 cm³/mol. The van der Waals surface area contributed by atoms with Crippen LogP contribution in [-0.2, 0) is 9.53 Å². The molecule has 0 aromatic heterocycles. The minimum Gasteiger partial charge on any atom is -0.396 e. The maximum absolute atomic E-state index is 11.9. The first-order valence-corrected chi connectivity index (χ1v) is 10.6. The molecule has 0 spiro atoms. The molecule has 1 aliphatic rings.